The lowest BCUT2D eigenvalue weighted by molar-refractivity contribution is 0.0527. The van der Waals surface area contributed by atoms with Gasteiger partial charge in [0.05, 0.1) is 29.5 Å². The highest BCUT2D eigenvalue weighted by Gasteiger charge is 2.16. The van der Waals surface area contributed by atoms with Crippen molar-refractivity contribution in [2.24, 2.45) is 0 Å². The molecule has 5 nitrogen and oxygen atoms in total. The molecule has 0 aliphatic carbocycles. The molecule has 0 saturated carbocycles. The second-order valence-corrected chi connectivity index (χ2v) is 4.92. The number of carbonyl (C=O) groups is 2. The minimum Gasteiger partial charge on any atom is -0.462 e. The van der Waals surface area contributed by atoms with Crippen molar-refractivity contribution in [1.82, 2.24) is 0 Å². The van der Waals surface area contributed by atoms with Gasteiger partial charge in [-0.3, -0.25) is 4.79 Å². The van der Waals surface area contributed by atoms with Gasteiger partial charge in [-0.1, -0.05) is 17.7 Å². The van der Waals surface area contributed by atoms with Gasteiger partial charge < -0.3 is 10.1 Å². The number of nitriles is 1. The highest BCUT2D eigenvalue weighted by molar-refractivity contribution is 6.08. The maximum absolute atomic E-state index is 12.3. The van der Waals surface area contributed by atoms with Crippen LogP contribution >= 0.6 is 0 Å². The molecule has 1 amide bonds. The Morgan fingerprint density at radius 1 is 1.22 bits per heavy atom. The summed E-state index contributed by atoms with van der Waals surface area (Å²) in [5.41, 5.74) is 2.25. The molecular weight excluding hydrogens is 292 g/mol. The Labute approximate surface area is 134 Å². The summed E-state index contributed by atoms with van der Waals surface area (Å²) >= 11 is 0. The fraction of sp³-hybridized carbons (Fsp3) is 0.167. The third-order valence-electron chi connectivity index (χ3n) is 3.17. The first-order chi connectivity index (χ1) is 11.0. The number of hydrogen-bond donors (Lipinski definition) is 1. The van der Waals surface area contributed by atoms with Gasteiger partial charge in [-0.25, -0.2) is 4.79 Å². The molecule has 116 valence electrons. The third kappa shape index (κ3) is 3.95. The van der Waals surface area contributed by atoms with Crippen molar-refractivity contribution in [1.29, 1.82) is 5.26 Å². The van der Waals surface area contributed by atoms with Crippen LogP contribution in [-0.4, -0.2) is 18.5 Å². The molecule has 0 bridgehead atoms. The summed E-state index contributed by atoms with van der Waals surface area (Å²) < 4.78 is 4.97. The largest absolute Gasteiger partial charge is 0.462 e. The van der Waals surface area contributed by atoms with E-state index in [2.05, 4.69) is 5.32 Å². The fourth-order valence-electron chi connectivity index (χ4n) is 2.08. The van der Waals surface area contributed by atoms with Crippen LogP contribution in [0.5, 0.6) is 0 Å². The lowest BCUT2D eigenvalue weighted by atomic mass is 10.1. The molecular formula is C18H16N2O3. The van der Waals surface area contributed by atoms with E-state index >= 15 is 0 Å². The van der Waals surface area contributed by atoms with Crippen LogP contribution in [0.4, 0.5) is 5.69 Å². The van der Waals surface area contributed by atoms with Crippen molar-refractivity contribution in [2.45, 2.75) is 13.8 Å². The highest BCUT2D eigenvalue weighted by Crippen LogP contribution is 2.20. The van der Waals surface area contributed by atoms with E-state index in [1.165, 1.54) is 18.2 Å². The lowest BCUT2D eigenvalue weighted by Gasteiger charge is -2.11. The topological polar surface area (TPSA) is 79.2 Å². The zero-order chi connectivity index (χ0) is 16.8. The van der Waals surface area contributed by atoms with Crippen LogP contribution in [0.1, 0.15) is 38.8 Å². The maximum Gasteiger partial charge on any atom is 0.340 e. The minimum absolute atomic E-state index is 0.159. The summed E-state index contributed by atoms with van der Waals surface area (Å²) in [4.78, 5) is 24.3. The number of carbonyl (C=O) groups excluding carboxylic acids is 2. The van der Waals surface area contributed by atoms with Gasteiger partial charge in [-0.15, -0.1) is 0 Å². The molecule has 0 spiro atoms. The summed E-state index contributed by atoms with van der Waals surface area (Å²) in [6.07, 6.45) is 0. The maximum atomic E-state index is 12.3. The number of ether oxygens (including phenoxy) is 1. The van der Waals surface area contributed by atoms with Crippen LogP contribution in [0.15, 0.2) is 42.5 Å². The molecule has 2 aromatic rings. The molecule has 0 aliphatic heterocycles. The van der Waals surface area contributed by atoms with Gasteiger partial charge in [0.15, 0.2) is 0 Å². The van der Waals surface area contributed by atoms with Crippen LogP contribution in [0.3, 0.4) is 0 Å². The molecule has 0 aliphatic rings. The van der Waals surface area contributed by atoms with E-state index in [1.54, 1.807) is 25.1 Å². The van der Waals surface area contributed by atoms with E-state index in [4.69, 9.17) is 10.00 Å². The molecule has 5 heteroatoms. The van der Waals surface area contributed by atoms with Crippen LogP contribution in [0.25, 0.3) is 0 Å². The summed E-state index contributed by atoms with van der Waals surface area (Å²) in [5.74, 6) is -0.909. The van der Waals surface area contributed by atoms with Gasteiger partial charge >= 0.3 is 5.97 Å². The molecule has 0 unspecified atom stereocenters. The molecule has 0 fully saturated rings. The predicted octanol–water partition coefficient (Wildman–Crippen LogP) is 3.30. The molecule has 23 heavy (non-hydrogen) atoms. The Bertz CT molecular complexity index is 791. The number of aryl methyl sites for hydroxylation is 1. The van der Waals surface area contributed by atoms with Crippen molar-refractivity contribution in [3.8, 4) is 6.07 Å². The number of benzene rings is 2. The van der Waals surface area contributed by atoms with Crippen molar-refractivity contribution in [3.05, 3.63) is 64.7 Å². The summed E-state index contributed by atoms with van der Waals surface area (Å²) in [6.45, 7) is 3.79. The molecule has 2 rings (SSSR count). The third-order valence-corrected chi connectivity index (χ3v) is 3.17. The van der Waals surface area contributed by atoms with Crippen LogP contribution in [0.2, 0.25) is 0 Å². The monoisotopic (exact) mass is 308 g/mol. The molecule has 0 heterocycles. The van der Waals surface area contributed by atoms with Gasteiger partial charge in [0.1, 0.15) is 0 Å². The van der Waals surface area contributed by atoms with E-state index < -0.39 is 5.97 Å². The number of nitrogens with one attached hydrogen (secondary N) is 1. The SMILES string of the molecule is CCOC(=O)c1cc(C#N)ccc1NC(=O)c1cccc(C)c1. The first kappa shape index (κ1) is 16.2. The van der Waals surface area contributed by atoms with Crippen molar-refractivity contribution in [2.75, 3.05) is 11.9 Å². The zero-order valence-electron chi connectivity index (χ0n) is 12.9. The molecule has 0 radical (unpaired) electrons. The van der Waals surface area contributed by atoms with E-state index in [1.807, 2.05) is 19.1 Å². The van der Waals surface area contributed by atoms with Gasteiger partial charge in [0, 0.05) is 5.56 Å². The normalized spacial score (nSPS) is 9.78. The minimum atomic E-state index is -0.579. The molecule has 0 atom stereocenters. The van der Waals surface area contributed by atoms with Crippen LogP contribution < -0.4 is 5.32 Å². The van der Waals surface area contributed by atoms with Crippen LogP contribution in [-0.2, 0) is 4.74 Å². The Balaban J connectivity index is 2.33. The predicted molar refractivity (Wildman–Crippen MR) is 86.2 cm³/mol. The molecule has 0 aromatic heterocycles. The molecule has 0 saturated heterocycles. The summed E-state index contributed by atoms with van der Waals surface area (Å²) in [5, 5.41) is 11.7. The van der Waals surface area contributed by atoms with Crippen molar-refractivity contribution < 1.29 is 14.3 Å². The average Bonchev–Trinajstić information content (AvgIpc) is 2.55. The number of nitrogens with zero attached hydrogens (tertiary/aromatic N) is 1. The molecule has 1 N–H and O–H groups in total. The zero-order valence-corrected chi connectivity index (χ0v) is 12.9. The number of anilines is 1. The number of rotatable bonds is 4. The van der Waals surface area contributed by atoms with Crippen molar-refractivity contribution in [3.63, 3.8) is 0 Å². The number of hydrogen-bond acceptors (Lipinski definition) is 4. The van der Waals surface area contributed by atoms with E-state index in [0.717, 1.165) is 5.56 Å². The van der Waals surface area contributed by atoms with Gasteiger partial charge in [-0.05, 0) is 44.2 Å². The average molecular weight is 308 g/mol. The first-order valence-corrected chi connectivity index (χ1v) is 7.14. The lowest BCUT2D eigenvalue weighted by Crippen LogP contribution is -2.16. The second-order valence-electron chi connectivity index (χ2n) is 4.92. The number of amides is 1. The Hall–Kier alpha value is -3.13. The Morgan fingerprint density at radius 2 is 2.00 bits per heavy atom. The Morgan fingerprint density at radius 3 is 2.65 bits per heavy atom. The van der Waals surface area contributed by atoms with Gasteiger partial charge in [-0.2, -0.15) is 5.26 Å². The quantitative estimate of drug-likeness (QED) is 0.879. The van der Waals surface area contributed by atoms with Gasteiger partial charge in [0.2, 0.25) is 0 Å². The van der Waals surface area contributed by atoms with E-state index in [-0.39, 0.29) is 18.1 Å². The smallest absolute Gasteiger partial charge is 0.340 e. The first-order valence-electron chi connectivity index (χ1n) is 7.14. The summed E-state index contributed by atoms with van der Waals surface area (Å²) in [7, 11) is 0. The standard InChI is InChI=1S/C18H16N2O3/c1-3-23-18(22)15-10-13(11-19)7-8-16(15)20-17(21)14-6-4-5-12(2)9-14/h4-10H,3H2,1-2H3,(H,20,21). The van der Waals surface area contributed by atoms with E-state index in [9.17, 15) is 9.59 Å². The van der Waals surface area contributed by atoms with E-state index in [0.29, 0.717) is 16.8 Å². The van der Waals surface area contributed by atoms with Gasteiger partial charge in [0.25, 0.3) is 5.91 Å². The molecule has 2 aromatic carbocycles. The fourth-order valence-corrected chi connectivity index (χ4v) is 2.08. The van der Waals surface area contributed by atoms with Crippen molar-refractivity contribution >= 4 is 17.6 Å². The highest BCUT2D eigenvalue weighted by atomic mass is 16.5. The Kier molecular flexibility index (Phi) is 5.11. The number of esters is 1. The second kappa shape index (κ2) is 7.23. The van der Waals surface area contributed by atoms with Crippen LogP contribution in [0, 0.1) is 18.3 Å². The summed E-state index contributed by atoms with van der Waals surface area (Å²) in [6, 6.07) is 13.6.